The molecule has 0 bridgehead atoms. The molecule has 5 heteroatoms. The molecule has 0 radical (unpaired) electrons. The van der Waals surface area contributed by atoms with Crippen LogP contribution in [0.15, 0.2) is 17.4 Å². The van der Waals surface area contributed by atoms with Gasteiger partial charge in [0.15, 0.2) is 5.16 Å². The third kappa shape index (κ3) is 2.11. The zero-order valence-electron chi connectivity index (χ0n) is 5.75. The molecule has 0 saturated heterocycles. The van der Waals surface area contributed by atoms with Crippen molar-refractivity contribution >= 4 is 12.6 Å². The van der Waals surface area contributed by atoms with Crippen LogP contribution < -0.4 is 0 Å². The molecule has 60 valence electrons. The molecule has 0 atom stereocenters. The second-order valence-electron chi connectivity index (χ2n) is 2.13. The van der Waals surface area contributed by atoms with E-state index in [0.717, 1.165) is 6.92 Å². The van der Waals surface area contributed by atoms with E-state index in [0.29, 0.717) is 0 Å². The predicted molar refractivity (Wildman–Crippen MR) is 38.9 cm³/mol. The lowest BCUT2D eigenvalue weighted by atomic mass is 10.3. The molecule has 1 aromatic heterocycles. The summed E-state index contributed by atoms with van der Waals surface area (Å²) in [4.78, 5) is 7.02. The number of thiol groups is 1. The van der Waals surface area contributed by atoms with E-state index in [1.54, 1.807) is 0 Å². The summed E-state index contributed by atoms with van der Waals surface area (Å²) in [6.45, 7) is 0.780. The summed E-state index contributed by atoms with van der Waals surface area (Å²) in [6, 6.07) is 1.17. The normalized spacial score (nSPS) is 11.6. The van der Waals surface area contributed by atoms with Crippen molar-refractivity contribution in [3.63, 3.8) is 0 Å². The third-order valence-corrected chi connectivity index (χ3v) is 1.31. The van der Waals surface area contributed by atoms with Crippen LogP contribution in [-0.2, 0) is 5.92 Å². The second-order valence-corrected chi connectivity index (χ2v) is 2.53. The van der Waals surface area contributed by atoms with Gasteiger partial charge in [0.25, 0.3) is 5.92 Å². The van der Waals surface area contributed by atoms with Gasteiger partial charge in [-0.25, -0.2) is 9.97 Å². The van der Waals surface area contributed by atoms with Crippen LogP contribution in [0.25, 0.3) is 0 Å². The minimum absolute atomic E-state index is 0.0593. The van der Waals surface area contributed by atoms with Crippen molar-refractivity contribution in [1.29, 1.82) is 0 Å². The largest absolute Gasteiger partial charge is 0.287 e. The lowest BCUT2D eigenvalue weighted by molar-refractivity contribution is 0.0119. The maximum absolute atomic E-state index is 12.5. The Morgan fingerprint density at radius 3 is 2.55 bits per heavy atom. The van der Waals surface area contributed by atoms with E-state index >= 15 is 0 Å². The van der Waals surface area contributed by atoms with Gasteiger partial charge < -0.3 is 0 Å². The standard InChI is InChI=1S/C6H6F2N2S/c1-6(7,8)4-2-3-9-5(11)10-4/h2-3H,1H3,(H,9,10,11). The second kappa shape index (κ2) is 2.73. The summed E-state index contributed by atoms with van der Waals surface area (Å²) in [5, 5.41) is 0.0593. The number of hydrogen-bond acceptors (Lipinski definition) is 3. The van der Waals surface area contributed by atoms with Gasteiger partial charge in [0, 0.05) is 13.1 Å². The monoisotopic (exact) mass is 176 g/mol. The lowest BCUT2D eigenvalue weighted by Gasteiger charge is -2.07. The first-order valence-electron chi connectivity index (χ1n) is 2.90. The van der Waals surface area contributed by atoms with Crippen LogP contribution in [0, 0.1) is 0 Å². The van der Waals surface area contributed by atoms with Crippen LogP contribution in [0.5, 0.6) is 0 Å². The maximum atomic E-state index is 12.5. The molecule has 0 unspecified atom stereocenters. The van der Waals surface area contributed by atoms with Crippen LogP contribution in [0.3, 0.4) is 0 Å². The highest BCUT2D eigenvalue weighted by atomic mass is 32.1. The Bertz CT molecular complexity index is 259. The summed E-state index contributed by atoms with van der Waals surface area (Å²) in [6.07, 6.45) is 1.25. The minimum Gasteiger partial charge on any atom is -0.231 e. The van der Waals surface area contributed by atoms with Gasteiger partial charge in [0.1, 0.15) is 5.69 Å². The Balaban J connectivity index is 3.06. The summed E-state index contributed by atoms with van der Waals surface area (Å²) in [7, 11) is 0. The molecule has 0 aliphatic heterocycles. The van der Waals surface area contributed by atoms with E-state index in [4.69, 9.17) is 0 Å². The van der Waals surface area contributed by atoms with Gasteiger partial charge in [-0.15, -0.1) is 12.6 Å². The molecule has 0 fully saturated rings. The Morgan fingerprint density at radius 1 is 1.55 bits per heavy atom. The average molecular weight is 176 g/mol. The fraction of sp³-hybridized carbons (Fsp3) is 0.333. The highest BCUT2D eigenvalue weighted by Crippen LogP contribution is 2.24. The average Bonchev–Trinajstić information content (AvgIpc) is 1.86. The Hall–Kier alpha value is -0.710. The fourth-order valence-corrected chi connectivity index (χ4v) is 0.767. The lowest BCUT2D eigenvalue weighted by Crippen LogP contribution is -2.09. The number of nitrogens with zero attached hydrogens (tertiary/aromatic N) is 2. The smallest absolute Gasteiger partial charge is 0.231 e. The van der Waals surface area contributed by atoms with E-state index in [1.165, 1.54) is 12.3 Å². The molecule has 0 aromatic carbocycles. The fourth-order valence-electron chi connectivity index (χ4n) is 0.593. The van der Waals surface area contributed by atoms with E-state index in [9.17, 15) is 8.78 Å². The van der Waals surface area contributed by atoms with Crippen molar-refractivity contribution < 1.29 is 8.78 Å². The van der Waals surface area contributed by atoms with Gasteiger partial charge in [-0.2, -0.15) is 8.78 Å². The number of halogens is 2. The first kappa shape index (κ1) is 8.39. The number of rotatable bonds is 1. The van der Waals surface area contributed by atoms with Crippen LogP contribution in [0.2, 0.25) is 0 Å². The van der Waals surface area contributed by atoms with Crippen LogP contribution >= 0.6 is 12.6 Å². The molecule has 1 aromatic rings. The van der Waals surface area contributed by atoms with E-state index in [1.807, 2.05) is 0 Å². The first-order valence-corrected chi connectivity index (χ1v) is 3.35. The Morgan fingerprint density at radius 2 is 2.18 bits per heavy atom. The summed E-state index contributed by atoms with van der Waals surface area (Å²) in [5.74, 6) is -2.92. The van der Waals surface area contributed by atoms with Gasteiger partial charge >= 0.3 is 0 Å². The van der Waals surface area contributed by atoms with Gasteiger partial charge in [0.05, 0.1) is 0 Å². The Kier molecular flexibility index (Phi) is 2.08. The molecule has 1 heterocycles. The molecule has 2 nitrogen and oxygen atoms in total. The highest BCUT2D eigenvalue weighted by molar-refractivity contribution is 7.80. The molecule has 0 amide bonds. The van der Waals surface area contributed by atoms with Gasteiger partial charge in [0.2, 0.25) is 0 Å². The quantitative estimate of drug-likeness (QED) is 0.522. The predicted octanol–water partition coefficient (Wildman–Crippen LogP) is 1.88. The molecule has 0 aliphatic rings. The van der Waals surface area contributed by atoms with Crippen molar-refractivity contribution in [1.82, 2.24) is 9.97 Å². The van der Waals surface area contributed by atoms with Gasteiger partial charge in [-0.1, -0.05) is 0 Å². The van der Waals surface area contributed by atoms with Crippen molar-refractivity contribution in [2.45, 2.75) is 18.0 Å². The molecule has 0 N–H and O–H groups in total. The minimum atomic E-state index is -2.92. The van der Waals surface area contributed by atoms with E-state index < -0.39 is 5.92 Å². The zero-order chi connectivity index (χ0) is 8.48. The third-order valence-electron chi connectivity index (χ3n) is 1.09. The van der Waals surface area contributed by atoms with Crippen LogP contribution in [0.1, 0.15) is 12.6 Å². The molecule has 11 heavy (non-hydrogen) atoms. The Labute approximate surface area is 68.1 Å². The van der Waals surface area contributed by atoms with Gasteiger partial charge in [-0.3, -0.25) is 0 Å². The van der Waals surface area contributed by atoms with Crippen molar-refractivity contribution in [2.24, 2.45) is 0 Å². The van der Waals surface area contributed by atoms with E-state index in [-0.39, 0.29) is 10.9 Å². The maximum Gasteiger partial charge on any atom is 0.287 e. The topological polar surface area (TPSA) is 25.8 Å². The van der Waals surface area contributed by atoms with Crippen molar-refractivity contribution in [3.05, 3.63) is 18.0 Å². The molecular formula is C6H6F2N2S. The SMILES string of the molecule is CC(F)(F)c1ccnc(S)n1. The molecule has 1 rings (SSSR count). The van der Waals surface area contributed by atoms with Crippen LogP contribution in [-0.4, -0.2) is 9.97 Å². The summed E-state index contributed by atoms with van der Waals surface area (Å²) < 4.78 is 25.0. The van der Waals surface area contributed by atoms with Crippen molar-refractivity contribution in [3.8, 4) is 0 Å². The summed E-state index contributed by atoms with van der Waals surface area (Å²) >= 11 is 3.73. The first-order chi connectivity index (χ1) is 5.00. The van der Waals surface area contributed by atoms with Gasteiger partial charge in [-0.05, 0) is 6.07 Å². The molecule has 0 aliphatic carbocycles. The number of hydrogen-bond donors (Lipinski definition) is 1. The van der Waals surface area contributed by atoms with Crippen LogP contribution in [0.4, 0.5) is 8.78 Å². The molecule has 0 saturated carbocycles. The van der Waals surface area contributed by atoms with E-state index in [2.05, 4.69) is 22.6 Å². The van der Waals surface area contributed by atoms with Crippen molar-refractivity contribution in [2.75, 3.05) is 0 Å². The summed E-state index contributed by atoms with van der Waals surface area (Å²) in [5.41, 5.74) is -0.308. The number of alkyl halides is 2. The number of aromatic nitrogens is 2. The molecule has 0 spiro atoms. The highest BCUT2D eigenvalue weighted by Gasteiger charge is 2.25. The zero-order valence-corrected chi connectivity index (χ0v) is 6.65. The molecular weight excluding hydrogens is 170 g/mol.